The van der Waals surface area contributed by atoms with E-state index in [1.807, 2.05) is 0 Å². The van der Waals surface area contributed by atoms with Crippen molar-refractivity contribution in [3.05, 3.63) is 22.8 Å². The van der Waals surface area contributed by atoms with E-state index in [1.165, 1.54) is 6.92 Å². The van der Waals surface area contributed by atoms with Gasteiger partial charge in [-0.3, -0.25) is 9.59 Å². The fraction of sp³-hybridized carbons (Fsp3) is 0.680. The Labute approximate surface area is 188 Å². The summed E-state index contributed by atoms with van der Waals surface area (Å²) in [7, 11) is 0. The Morgan fingerprint density at radius 2 is 1.97 bits per heavy atom. The lowest BCUT2D eigenvalue weighted by Crippen LogP contribution is -2.69. The van der Waals surface area contributed by atoms with Gasteiger partial charge in [0.05, 0.1) is 11.7 Å². The Morgan fingerprint density at radius 1 is 1.25 bits per heavy atom. The minimum absolute atomic E-state index is 0.0947. The first-order valence-electron chi connectivity index (χ1n) is 11.6. The molecular formula is C25H33NO6. The van der Waals surface area contributed by atoms with Crippen molar-refractivity contribution in [3.63, 3.8) is 0 Å². The number of aliphatic hydroxyl groups is 1. The van der Waals surface area contributed by atoms with Crippen LogP contribution in [0.3, 0.4) is 0 Å². The number of rotatable bonds is 1. The van der Waals surface area contributed by atoms with E-state index in [9.17, 15) is 19.8 Å². The number of aromatic hydroxyl groups is 1. The average Bonchev–Trinajstić information content (AvgIpc) is 3.27. The maximum atomic E-state index is 12.3. The number of phenols is 1. The molecule has 0 saturated heterocycles. The number of aliphatic hydroxyl groups excluding tert-OH is 1. The smallest absolute Gasteiger partial charge is 0.302 e. The first kappa shape index (κ1) is 21.6. The SMILES string of the molecule is CC(=O)OC1C[C@]2(C)[C@H](CC[C@H](C)[C@@]23Cc2c(O)cc4c(c2O3)CNC4=O)C(C)(C)[C@H]1O. The van der Waals surface area contributed by atoms with E-state index in [4.69, 9.17) is 9.47 Å². The molecule has 5 rings (SSSR count). The fourth-order valence-corrected chi connectivity index (χ4v) is 7.61. The number of hydrogen-bond donors (Lipinski definition) is 3. The van der Waals surface area contributed by atoms with Crippen LogP contribution in [-0.4, -0.2) is 39.9 Å². The summed E-state index contributed by atoms with van der Waals surface area (Å²) in [6.45, 7) is 10.3. The third kappa shape index (κ3) is 2.57. The van der Waals surface area contributed by atoms with Crippen LogP contribution in [0.25, 0.3) is 0 Å². The molecule has 2 aliphatic heterocycles. The molecule has 7 nitrogen and oxygen atoms in total. The second-order valence-corrected chi connectivity index (χ2v) is 11.1. The van der Waals surface area contributed by atoms with Gasteiger partial charge in [-0.25, -0.2) is 0 Å². The Bertz CT molecular complexity index is 1020. The zero-order valence-electron chi connectivity index (χ0n) is 19.4. The lowest BCUT2D eigenvalue weighted by Gasteiger charge is -2.65. The summed E-state index contributed by atoms with van der Waals surface area (Å²) < 4.78 is 12.5. The van der Waals surface area contributed by atoms with Gasteiger partial charge in [-0.05, 0) is 42.6 Å². The van der Waals surface area contributed by atoms with Gasteiger partial charge in [-0.15, -0.1) is 0 Å². The Kier molecular flexibility index (Phi) is 4.46. The molecular weight excluding hydrogens is 410 g/mol. The van der Waals surface area contributed by atoms with Crippen LogP contribution in [0.2, 0.25) is 0 Å². The van der Waals surface area contributed by atoms with Crippen LogP contribution >= 0.6 is 0 Å². The number of fused-ring (bicyclic) bond motifs is 5. The highest BCUT2D eigenvalue weighted by Crippen LogP contribution is 2.67. The molecule has 7 heteroatoms. The molecule has 2 aliphatic carbocycles. The first-order valence-corrected chi connectivity index (χ1v) is 11.6. The van der Waals surface area contributed by atoms with Crippen LogP contribution in [0, 0.1) is 22.7 Å². The van der Waals surface area contributed by atoms with Crippen LogP contribution < -0.4 is 10.1 Å². The molecule has 1 aromatic carbocycles. The van der Waals surface area contributed by atoms with Gasteiger partial charge < -0.3 is 25.0 Å². The molecule has 174 valence electrons. The molecule has 32 heavy (non-hydrogen) atoms. The van der Waals surface area contributed by atoms with E-state index in [0.29, 0.717) is 30.7 Å². The number of amides is 1. The van der Waals surface area contributed by atoms with Crippen molar-refractivity contribution < 1.29 is 29.3 Å². The molecule has 2 fully saturated rings. The van der Waals surface area contributed by atoms with Gasteiger partial charge >= 0.3 is 5.97 Å². The zero-order valence-corrected chi connectivity index (χ0v) is 19.4. The van der Waals surface area contributed by atoms with E-state index < -0.39 is 34.6 Å². The molecule has 3 N–H and O–H groups in total. The normalized spacial score (nSPS) is 39.0. The monoisotopic (exact) mass is 443 g/mol. The topological polar surface area (TPSA) is 105 Å². The summed E-state index contributed by atoms with van der Waals surface area (Å²) in [5.41, 5.74) is 0.500. The molecule has 0 bridgehead atoms. The van der Waals surface area contributed by atoms with E-state index in [2.05, 4.69) is 33.0 Å². The maximum absolute atomic E-state index is 12.3. The predicted octanol–water partition coefficient (Wildman–Crippen LogP) is 3.08. The molecule has 1 spiro atoms. The fourth-order valence-electron chi connectivity index (χ4n) is 7.61. The van der Waals surface area contributed by atoms with Crippen molar-refractivity contribution in [2.75, 3.05) is 0 Å². The van der Waals surface area contributed by atoms with Crippen molar-refractivity contribution in [2.45, 2.75) is 84.7 Å². The quantitative estimate of drug-likeness (QED) is 0.576. The third-order valence-corrected chi connectivity index (χ3v) is 9.23. The molecule has 1 unspecified atom stereocenters. The van der Waals surface area contributed by atoms with E-state index in [-0.39, 0.29) is 23.5 Å². The second-order valence-electron chi connectivity index (χ2n) is 11.1. The molecule has 2 saturated carbocycles. The minimum atomic E-state index is -0.766. The van der Waals surface area contributed by atoms with Gasteiger partial charge in [0.15, 0.2) is 0 Å². The summed E-state index contributed by atoms with van der Waals surface area (Å²) >= 11 is 0. The average molecular weight is 444 g/mol. The Balaban J connectivity index is 1.64. The number of carbonyl (C=O) groups excluding carboxylic acids is 2. The van der Waals surface area contributed by atoms with E-state index in [0.717, 1.165) is 24.0 Å². The second kappa shape index (κ2) is 6.62. The number of benzene rings is 1. The third-order valence-electron chi connectivity index (χ3n) is 9.23. The van der Waals surface area contributed by atoms with Crippen LogP contribution in [0.1, 0.15) is 75.4 Å². The van der Waals surface area contributed by atoms with Crippen LogP contribution in [0.15, 0.2) is 6.07 Å². The lowest BCUT2D eigenvalue weighted by molar-refractivity contribution is -0.245. The minimum Gasteiger partial charge on any atom is -0.508 e. The van der Waals surface area contributed by atoms with Crippen LogP contribution in [0.5, 0.6) is 11.5 Å². The molecule has 1 amide bonds. The summed E-state index contributed by atoms with van der Waals surface area (Å²) in [4.78, 5) is 24.1. The zero-order chi connectivity index (χ0) is 23.2. The summed E-state index contributed by atoms with van der Waals surface area (Å²) in [5, 5.41) is 24.8. The van der Waals surface area contributed by atoms with Gasteiger partial charge in [-0.2, -0.15) is 0 Å². The summed E-state index contributed by atoms with van der Waals surface area (Å²) in [5.74, 6) is 0.440. The van der Waals surface area contributed by atoms with Gasteiger partial charge in [0.25, 0.3) is 5.91 Å². The van der Waals surface area contributed by atoms with E-state index in [1.54, 1.807) is 6.07 Å². The van der Waals surface area contributed by atoms with Gasteiger partial charge in [0.1, 0.15) is 23.2 Å². The number of phenolic OH excluding ortho intramolecular Hbond substituents is 1. The molecule has 6 atom stereocenters. The number of hydrogen-bond acceptors (Lipinski definition) is 6. The molecule has 1 aromatic rings. The standard InChI is InChI=1S/C25H33NO6/c1-12-6-7-19-23(3,4)21(29)18(31-13(2)27)10-24(19,5)25(12)9-15-17(28)8-14-16(20(15)32-25)11-26-22(14)30/h8,12,18-19,21,28-29H,6-7,9-11H2,1-5H3,(H,26,30)/t12-,18?,19+,21-,24+,25-/m0/s1. The summed E-state index contributed by atoms with van der Waals surface area (Å²) in [6, 6.07) is 1.56. The van der Waals surface area contributed by atoms with Crippen molar-refractivity contribution in [3.8, 4) is 11.5 Å². The molecule has 2 heterocycles. The number of ether oxygens (including phenoxy) is 2. The highest BCUT2D eigenvalue weighted by molar-refractivity contribution is 6.00. The maximum Gasteiger partial charge on any atom is 0.302 e. The van der Waals surface area contributed by atoms with Crippen molar-refractivity contribution >= 4 is 11.9 Å². The highest BCUT2D eigenvalue weighted by Gasteiger charge is 2.69. The van der Waals surface area contributed by atoms with Gasteiger partial charge in [0, 0.05) is 36.4 Å². The summed E-state index contributed by atoms with van der Waals surface area (Å²) in [6.07, 6.45) is 1.50. The van der Waals surface area contributed by atoms with Crippen LogP contribution in [-0.2, 0) is 22.5 Å². The predicted molar refractivity (Wildman–Crippen MR) is 116 cm³/mol. The Morgan fingerprint density at radius 3 is 2.66 bits per heavy atom. The largest absolute Gasteiger partial charge is 0.508 e. The molecule has 4 aliphatic rings. The lowest BCUT2D eigenvalue weighted by atomic mass is 9.43. The molecule has 0 aromatic heterocycles. The van der Waals surface area contributed by atoms with Crippen LogP contribution in [0.4, 0.5) is 0 Å². The van der Waals surface area contributed by atoms with E-state index >= 15 is 0 Å². The Hall–Kier alpha value is -2.28. The number of esters is 1. The van der Waals surface area contributed by atoms with Crippen molar-refractivity contribution in [2.24, 2.45) is 22.7 Å². The van der Waals surface area contributed by atoms with Crippen molar-refractivity contribution in [1.82, 2.24) is 5.32 Å². The first-order chi connectivity index (χ1) is 14.9. The van der Waals surface area contributed by atoms with Gasteiger partial charge in [-0.1, -0.05) is 27.7 Å². The molecule has 0 radical (unpaired) electrons. The van der Waals surface area contributed by atoms with Crippen molar-refractivity contribution in [1.29, 1.82) is 0 Å². The van der Waals surface area contributed by atoms with Gasteiger partial charge in [0.2, 0.25) is 0 Å². The number of nitrogens with one attached hydrogen (secondary N) is 1. The highest BCUT2D eigenvalue weighted by atomic mass is 16.6. The number of carbonyl (C=O) groups is 2.